The Morgan fingerprint density at radius 1 is 1.27 bits per heavy atom. The van der Waals surface area contributed by atoms with Crippen LogP contribution < -0.4 is 0 Å². The predicted molar refractivity (Wildman–Crippen MR) is 61.2 cm³/mol. The van der Waals surface area contributed by atoms with E-state index in [-0.39, 0.29) is 11.7 Å². The molecule has 82 valence electrons. The second kappa shape index (κ2) is 5.66. The number of carbonyl (C=O) groups is 1. The number of ether oxygens (including phenoxy) is 1. The standard InChI is InChI=1S/C13H18O2/c1-10(2)13(14)12-6-4-11(5-7-12)8-9-15-3/h4-7,10H,8-9H2,1-3H3. The summed E-state index contributed by atoms with van der Waals surface area (Å²) in [6.45, 7) is 4.56. The molecule has 0 aliphatic heterocycles. The molecule has 0 fully saturated rings. The quantitative estimate of drug-likeness (QED) is 0.692. The molecule has 0 aromatic heterocycles. The number of benzene rings is 1. The molecule has 0 unspecified atom stereocenters. The van der Waals surface area contributed by atoms with E-state index in [4.69, 9.17) is 4.74 Å². The van der Waals surface area contributed by atoms with Crippen molar-refractivity contribution in [2.45, 2.75) is 20.3 Å². The molecule has 0 amide bonds. The first kappa shape index (κ1) is 11.9. The zero-order valence-corrected chi connectivity index (χ0v) is 9.62. The molecule has 1 rings (SSSR count). The van der Waals surface area contributed by atoms with Gasteiger partial charge in [0.1, 0.15) is 0 Å². The summed E-state index contributed by atoms with van der Waals surface area (Å²) in [6.07, 6.45) is 0.895. The van der Waals surface area contributed by atoms with Crippen molar-refractivity contribution in [3.8, 4) is 0 Å². The molecule has 1 aromatic rings. The third-order valence-electron chi connectivity index (χ3n) is 2.36. The maximum Gasteiger partial charge on any atom is 0.165 e. The molecule has 0 atom stereocenters. The second-order valence-corrected chi connectivity index (χ2v) is 3.96. The summed E-state index contributed by atoms with van der Waals surface area (Å²) in [4.78, 5) is 11.6. The largest absolute Gasteiger partial charge is 0.384 e. The molecule has 1 aromatic carbocycles. The third-order valence-corrected chi connectivity index (χ3v) is 2.36. The van der Waals surface area contributed by atoms with E-state index in [1.165, 1.54) is 5.56 Å². The SMILES string of the molecule is COCCc1ccc(C(=O)C(C)C)cc1. The van der Waals surface area contributed by atoms with Crippen LogP contribution in [0.2, 0.25) is 0 Å². The first-order chi connectivity index (χ1) is 7.15. The molecule has 15 heavy (non-hydrogen) atoms. The van der Waals surface area contributed by atoms with Crippen LogP contribution in [0.1, 0.15) is 29.8 Å². The highest BCUT2D eigenvalue weighted by Crippen LogP contribution is 2.10. The lowest BCUT2D eigenvalue weighted by Gasteiger charge is -2.05. The molecule has 0 N–H and O–H groups in total. The van der Waals surface area contributed by atoms with Crippen molar-refractivity contribution in [3.05, 3.63) is 35.4 Å². The first-order valence-corrected chi connectivity index (χ1v) is 5.27. The summed E-state index contributed by atoms with van der Waals surface area (Å²) in [6, 6.07) is 7.78. The zero-order valence-electron chi connectivity index (χ0n) is 9.62. The van der Waals surface area contributed by atoms with Gasteiger partial charge in [-0.25, -0.2) is 0 Å². The maximum atomic E-state index is 11.6. The minimum absolute atomic E-state index is 0.0647. The average molecular weight is 206 g/mol. The summed E-state index contributed by atoms with van der Waals surface area (Å²) >= 11 is 0. The topological polar surface area (TPSA) is 26.3 Å². The van der Waals surface area contributed by atoms with E-state index < -0.39 is 0 Å². The Morgan fingerprint density at radius 2 is 1.87 bits per heavy atom. The fourth-order valence-electron chi connectivity index (χ4n) is 1.39. The Labute approximate surface area is 91.3 Å². The van der Waals surface area contributed by atoms with E-state index >= 15 is 0 Å². The molecule has 0 radical (unpaired) electrons. The molecule has 2 nitrogen and oxygen atoms in total. The number of carbonyl (C=O) groups excluding carboxylic acids is 1. The van der Waals surface area contributed by atoms with Crippen LogP contribution in [0, 0.1) is 5.92 Å². The predicted octanol–water partition coefficient (Wildman–Crippen LogP) is 2.71. The lowest BCUT2D eigenvalue weighted by molar-refractivity contribution is 0.0939. The number of methoxy groups -OCH3 is 1. The molecule has 0 saturated carbocycles. The minimum Gasteiger partial charge on any atom is -0.384 e. The van der Waals surface area contributed by atoms with Gasteiger partial charge in [0.15, 0.2) is 5.78 Å². The average Bonchev–Trinajstić information content (AvgIpc) is 2.26. The number of rotatable bonds is 5. The van der Waals surface area contributed by atoms with Crippen molar-refractivity contribution in [1.29, 1.82) is 0 Å². The molecular formula is C13H18O2. The Bertz CT molecular complexity index is 312. The van der Waals surface area contributed by atoms with Crippen LogP contribution >= 0.6 is 0 Å². The van der Waals surface area contributed by atoms with Crippen LogP contribution in [0.15, 0.2) is 24.3 Å². The Kier molecular flexibility index (Phi) is 4.50. The van der Waals surface area contributed by atoms with Gasteiger partial charge < -0.3 is 4.74 Å². The highest BCUT2D eigenvalue weighted by Gasteiger charge is 2.09. The fraction of sp³-hybridized carbons (Fsp3) is 0.462. The van der Waals surface area contributed by atoms with E-state index in [9.17, 15) is 4.79 Å². The first-order valence-electron chi connectivity index (χ1n) is 5.27. The highest BCUT2D eigenvalue weighted by atomic mass is 16.5. The monoisotopic (exact) mass is 206 g/mol. The van der Waals surface area contributed by atoms with Gasteiger partial charge in [-0.15, -0.1) is 0 Å². The molecular weight excluding hydrogens is 188 g/mol. The van der Waals surface area contributed by atoms with Gasteiger partial charge in [0.25, 0.3) is 0 Å². The van der Waals surface area contributed by atoms with Crippen LogP contribution in [-0.2, 0) is 11.2 Å². The highest BCUT2D eigenvalue weighted by molar-refractivity contribution is 5.97. The van der Waals surface area contributed by atoms with Gasteiger partial charge in [0, 0.05) is 18.6 Å². The number of hydrogen-bond donors (Lipinski definition) is 0. The second-order valence-electron chi connectivity index (χ2n) is 3.96. The molecule has 0 saturated heterocycles. The Hall–Kier alpha value is -1.15. The Morgan fingerprint density at radius 3 is 2.33 bits per heavy atom. The van der Waals surface area contributed by atoms with Crippen LogP contribution in [0.5, 0.6) is 0 Å². The lowest BCUT2D eigenvalue weighted by atomic mass is 9.99. The van der Waals surface area contributed by atoms with E-state index in [1.54, 1.807) is 7.11 Å². The van der Waals surface area contributed by atoms with Gasteiger partial charge in [-0.1, -0.05) is 38.1 Å². The van der Waals surface area contributed by atoms with Crippen LogP contribution in [0.25, 0.3) is 0 Å². The summed E-state index contributed by atoms with van der Waals surface area (Å²) in [7, 11) is 1.69. The number of Topliss-reactive ketones (excluding diaryl/α,β-unsaturated/α-hetero) is 1. The molecule has 0 bridgehead atoms. The fourth-order valence-corrected chi connectivity index (χ4v) is 1.39. The van der Waals surface area contributed by atoms with Gasteiger partial charge in [-0.2, -0.15) is 0 Å². The van der Waals surface area contributed by atoms with Gasteiger partial charge in [-0.3, -0.25) is 4.79 Å². The summed E-state index contributed by atoms with van der Waals surface area (Å²) < 4.78 is 4.99. The third kappa shape index (κ3) is 3.48. The van der Waals surface area contributed by atoms with Crippen molar-refractivity contribution >= 4 is 5.78 Å². The summed E-state index contributed by atoms with van der Waals surface area (Å²) in [5.41, 5.74) is 2.00. The van der Waals surface area contributed by atoms with Crippen molar-refractivity contribution in [2.24, 2.45) is 5.92 Å². The maximum absolute atomic E-state index is 11.6. The zero-order chi connectivity index (χ0) is 11.3. The van der Waals surface area contributed by atoms with Crippen LogP contribution in [0.4, 0.5) is 0 Å². The van der Waals surface area contributed by atoms with E-state index in [0.717, 1.165) is 18.6 Å². The molecule has 0 spiro atoms. The van der Waals surface area contributed by atoms with Gasteiger partial charge in [0.05, 0.1) is 6.61 Å². The van der Waals surface area contributed by atoms with E-state index in [2.05, 4.69) is 0 Å². The molecule has 2 heteroatoms. The summed E-state index contributed by atoms with van der Waals surface area (Å²) in [5, 5.41) is 0. The smallest absolute Gasteiger partial charge is 0.165 e. The summed E-state index contributed by atoms with van der Waals surface area (Å²) in [5.74, 6) is 0.267. The van der Waals surface area contributed by atoms with Gasteiger partial charge in [0.2, 0.25) is 0 Å². The van der Waals surface area contributed by atoms with Crippen LogP contribution in [0.3, 0.4) is 0 Å². The molecule has 0 aliphatic carbocycles. The molecule has 0 heterocycles. The van der Waals surface area contributed by atoms with Crippen molar-refractivity contribution in [3.63, 3.8) is 0 Å². The number of ketones is 1. The number of hydrogen-bond acceptors (Lipinski definition) is 2. The van der Waals surface area contributed by atoms with E-state index in [1.807, 2.05) is 38.1 Å². The molecule has 0 aliphatic rings. The van der Waals surface area contributed by atoms with Gasteiger partial charge >= 0.3 is 0 Å². The van der Waals surface area contributed by atoms with Crippen molar-refractivity contribution in [1.82, 2.24) is 0 Å². The van der Waals surface area contributed by atoms with Crippen molar-refractivity contribution in [2.75, 3.05) is 13.7 Å². The minimum atomic E-state index is 0.0647. The van der Waals surface area contributed by atoms with Gasteiger partial charge in [-0.05, 0) is 12.0 Å². The van der Waals surface area contributed by atoms with Crippen molar-refractivity contribution < 1.29 is 9.53 Å². The van der Waals surface area contributed by atoms with Crippen LogP contribution in [-0.4, -0.2) is 19.5 Å². The van der Waals surface area contributed by atoms with E-state index in [0.29, 0.717) is 0 Å². The normalized spacial score (nSPS) is 10.7. The lowest BCUT2D eigenvalue weighted by Crippen LogP contribution is -2.07. The Balaban J connectivity index is 2.68.